The molecule has 0 bridgehead atoms. The second kappa shape index (κ2) is 8.48. The molecule has 0 saturated heterocycles. The SMILES string of the molecule is CC(C)Oc1cccc(OCC(F)(F)F)c1-c1nccc(-c2cc3n(n2)CCNC3=O)n1. The summed E-state index contributed by atoms with van der Waals surface area (Å²) in [5.41, 5.74) is 1.46. The van der Waals surface area contributed by atoms with E-state index in [2.05, 4.69) is 20.4 Å². The van der Waals surface area contributed by atoms with E-state index in [1.165, 1.54) is 12.3 Å². The van der Waals surface area contributed by atoms with Crippen LogP contribution >= 0.6 is 0 Å². The molecule has 0 aliphatic carbocycles. The van der Waals surface area contributed by atoms with Gasteiger partial charge in [-0.2, -0.15) is 18.3 Å². The van der Waals surface area contributed by atoms with E-state index in [1.807, 2.05) is 0 Å². The molecule has 168 valence electrons. The third-order valence-corrected chi connectivity index (χ3v) is 4.51. The molecule has 0 spiro atoms. The highest BCUT2D eigenvalue weighted by atomic mass is 19.4. The van der Waals surface area contributed by atoms with Gasteiger partial charge in [-0.15, -0.1) is 0 Å². The van der Waals surface area contributed by atoms with E-state index in [0.717, 1.165) is 0 Å². The molecule has 1 N–H and O–H groups in total. The number of amides is 1. The third-order valence-electron chi connectivity index (χ3n) is 4.51. The quantitative estimate of drug-likeness (QED) is 0.622. The van der Waals surface area contributed by atoms with Gasteiger partial charge in [0.05, 0.1) is 18.3 Å². The molecule has 4 rings (SSSR count). The number of aromatic nitrogens is 4. The van der Waals surface area contributed by atoms with Gasteiger partial charge in [0.1, 0.15) is 28.5 Å². The van der Waals surface area contributed by atoms with Gasteiger partial charge in [-0.1, -0.05) is 6.07 Å². The van der Waals surface area contributed by atoms with Crippen LogP contribution in [0.15, 0.2) is 36.5 Å². The van der Waals surface area contributed by atoms with E-state index in [0.29, 0.717) is 35.9 Å². The van der Waals surface area contributed by atoms with E-state index in [-0.39, 0.29) is 29.1 Å². The van der Waals surface area contributed by atoms with Gasteiger partial charge in [0.25, 0.3) is 5.91 Å². The summed E-state index contributed by atoms with van der Waals surface area (Å²) in [6.07, 6.45) is -3.28. The van der Waals surface area contributed by atoms with Gasteiger partial charge >= 0.3 is 6.18 Å². The smallest absolute Gasteiger partial charge is 0.422 e. The predicted octanol–water partition coefficient (Wildman–Crippen LogP) is 3.48. The lowest BCUT2D eigenvalue weighted by atomic mass is 10.1. The zero-order valence-electron chi connectivity index (χ0n) is 17.3. The Morgan fingerprint density at radius 2 is 1.97 bits per heavy atom. The summed E-state index contributed by atoms with van der Waals surface area (Å²) in [5.74, 6) is 0.121. The van der Waals surface area contributed by atoms with Crippen molar-refractivity contribution in [2.45, 2.75) is 32.7 Å². The standard InChI is InChI=1S/C21H20F3N5O3/c1-12(2)32-17-5-3-4-16(31-11-21(22,23)24)18(17)19-25-7-6-13(27-19)14-10-15-20(30)26-8-9-29(15)28-14/h3-7,10,12H,8-9,11H2,1-2H3,(H,26,30). The second-order valence-electron chi connectivity index (χ2n) is 7.36. The number of halogens is 3. The van der Waals surface area contributed by atoms with Crippen LogP contribution in [0.2, 0.25) is 0 Å². The first kappa shape index (κ1) is 21.6. The molecular formula is C21H20F3N5O3. The molecule has 3 aromatic rings. The fourth-order valence-electron chi connectivity index (χ4n) is 3.25. The molecule has 1 aliphatic heterocycles. The summed E-state index contributed by atoms with van der Waals surface area (Å²) in [4.78, 5) is 20.8. The van der Waals surface area contributed by atoms with Gasteiger partial charge in [-0.3, -0.25) is 9.48 Å². The fourth-order valence-corrected chi connectivity index (χ4v) is 3.25. The minimum Gasteiger partial charge on any atom is -0.490 e. The Morgan fingerprint density at radius 1 is 1.19 bits per heavy atom. The van der Waals surface area contributed by atoms with Crippen LogP contribution in [0.5, 0.6) is 11.5 Å². The van der Waals surface area contributed by atoms with Crippen molar-refractivity contribution in [3.05, 3.63) is 42.2 Å². The number of hydrogen-bond acceptors (Lipinski definition) is 6. The molecule has 11 heteroatoms. The van der Waals surface area contributed by atoms with Crippen molar-refractivity contribution < 1.29 is 27.4 Å². The van der Waals surface area contributed by atoms with Crippen LogP contribution in [0, 0.1) is 0 Å². The molecule has 1 aromatic carbocycles. The Morgan fingerprint density at radius 3 is 2.69 bits per heavy atom. The zero-order chi connectivity index (χ0) is 22.9. The number of benzene rings is 1. The number of rotatable bonds is 6. The van der Waals surface area contributed by atoms with E-state index in [1.54, 1.807) is 42.8 Å². The van der Waals surface area contributed by atoms with Crippen molar-refractivity contribution in [3.8, 4) is 34.3 Å². The van der Waals surface area contributed by atoms with Crippen LogP contribution in [0.4, 0.5) is 13.2 Å². The Labute approximate surface area is 181 Å². The molecule has 0 fully saturated rings. The lowest BCUT2D eigenvalue weighted by molar-refractivity contribution is -0.153. The summed E-state index contributed by atoms with van der Waals surface area (Å²) in [6, 6.07) is 7.78. The Kier molecular flexibility index (Phi) is 5.72. The Balaban J connectivity index is 1.77. The number of carbonyl (C=O) groups excluding carboxylic acids is 1. The molecule has 1 aliphatic rings. The molecule has 8 nitrogen and oxygen atoms in total. The van der Waals surface area contributed by atoms with Crippen LogP contribution in [-0.4, -0.2) is 51.1 Å². The summed E-state index contributed by atoms with van der Waals surface area (Å²) < 4.78 is 50.8. The van der Waals surface area contributed by atoms with Crippen molar-refractivity contribution in [3.63, 3.8) is 0 Å². The molecule has 0 atom stereocenters. The van der Waals surface area contributed by atoms with Crippen molar-refractivity contribution in [2.75, 3.05) is 13.2 Å². The lowest BCUT2D eigenvalue weighted by Crippen LogP contribution is -2.35. The fraction of sp³-hybridized carbons (Fsp3) is 0.333. The summed E-state index contributed by atoms with van der Waals surface area (Å²) in [6.45, 7) is 3.13. The van der Waals surface area contributed by atoms with Crippen LogP contribution < -0.4 is 14.8 Å². The van der Waals surface area contributed by atoms with E-state index in [4.69, 9.17) is 9.47 Å². The van der Waals surface area contributed by atoms with Gasteiger partial charge < -0.3 is 14.8 Å². The van der Waals surface area contributed by atoms with Crippen molar-refractivity contribution >= 4 is 5.91 Å². The van der Waals surface area contributed by atoms with Gasteiger partial charge in [0.2, 0.25) is 0 Å². The summed E-state index contributed by atoms with van der Waals surface area (Å²) >= 11 is 0. The normalized spacial score (nSPS) is 13.6. The highest BCUT2D eigenvalue weighted by Crippen LogP contribution is 2.38. The number of hydrogen-bond donors (Lipinski definition) is 1. The van der Waals surface area contributed by atoms with Crippen molar-refractivity contribution in [1.82, 2.24) is 25.1 Å². The molecular weight excluding hydrogens is 427 g/mol. The van der Waals surface area contributed by atoms with Gasteiger partial charge in [0.15, 0.2) is 12.4 Å². The average Bonchev–Trinajstić information content (AvgIpc) is 3.17. The Bertz CT molecular complexity index is 1140. The maximum atomic E-state index is 12.8. The van der Waals surface area contributed by atoms with E-state index >= 15 is 0 Å². The van der Waals surface area contributed by atoms with Crippen LogP contribution in [0.25, 0.3) is 22.8 Å². The first-order valence-corrected chi connectivity index (χ1v) is 9.90. The average molecular weight is 447 g/mol. The Hall–Kier alpha value is -3.63. The highest BCUT2D eigenvalue weighted by Gasteiger charge is 2.30. The van der Waals surface area contributed by atoms with Gasteiger partial charge in [-0.25, -0.2) is 9.97 Å². The number of nitrogens with zero attached hydrogens (tertiary/aromatic N) is 4. The molecule has 0 radical (unpaired) electrons. The number of carbonyl (C=O) groups is 1. The second-order valence-corrected chi connectivity index (χ2v) is 7.36. The zero-order valence-corrected chi connectivity index (χ0v) is 17.3. The lowest BCUT2D eigenvalue weighted by Gasteiger charge is -2.18. The topological polar surface area (TPSA) is 91.2 Å². The minimum atomic E-state index is -4.51. The number of nitrogens with one attached hydrogen (secondary N) is 1. The number of ether oxygens (including phenoxy) is 2. The summed E-state index contributed by atoms with van der Waals surface area (Å²) in [5, 5.41) is 7.16. The van der Waals surface area contributed by atoms with E-state index < -0.39 is 12.8 Å². The number of fused-ring (bicyclic) bond motifs is 1. The molecule has 0 unspecified atom stereocenters. The van der Waals surface area contributed by atoms with Crippen molar-refractivity contribution in [2.24, 2.45) is 0 Å². The van der Waals surface area contributed by atoms with E-state index in [9.17, 15) is 18.0 Å². The monoisotopic (exact) mass is 447 g/mol. The summed E-state index contributed by atoms with van der Waals surface area (Å²) in [7, 11) is 0. The first-order chi connectivity index (χ1) is 15.2. The molecule has 2 aromatic heterocycles. The maximum Gasteiger partial charge on any atom is 0.422 e. The number of alkyl halides is 3. The minimum absolute atomic E-state index is 0.0545. The van der Waals surface area contributed by atoms with Crippen LogP contribution in [0.3, 0.4) is 0 Å². The van der Waals surface area contributed by atoms with Crippen molar-refractivity contribution in [1.29, 1.82) is 0 Å². The molecule has 0 saturated carbocycles. The molecule has 3 heterocycles. The molecule has 32 heavy (non-hydrogen) atoms. The van der Waals surface area contributed by atoms with Crippen LogP contribution in [-0.2, 0) is 6.54 Å². The van der Waals surface area contributed by atoms with Gasteiger partial charge in [-0.05, 0) is 38.1 Å². The largest absolute Gasteiger partial charge is 0.490 e. The van der Waals surface area contributed by atoms with Crippen LogP contribution in [0.1, 0.15) is 24.3 Å². The third kappa shape index (κ3) is 4.66. The predicted molar refractivity (Wildman–Crippen MR) is 108 cm³/mol. The maximum absolute atomic E-state index is 12.8. The highest BCUT2D eigenvalue weighted by molar-refractivity contribution is 5.94. The van der Waals surface area contributed by atoms with Gasteiger partial charge in [0, 0.05) is 12.7 Å². The first-order valence-electron chi connectivity index (χ1n) is 9.90. The molecule has 1 amide bonds.